The zero-order chi connectivity index (χ0) is 31.1. The highest BCUT2D eigenvalue weighted by Crippen LogP contribution is 2.70. The maximum absolute atomic E-state index is 6.86. The Balaban J connectivity index is 0.940. The van der Waals surface area contributed by atoms with Gasteiger partial charge in [-0.05, 0) is 139 Å². The first-order valence-electron chi connectivity index (χ1n) is 18.0. The lowest BCUT2D eigenvalue weighted by Crippen LogP contribution is -2.55. The molecule has 3 aliphatic heterocycles. The van der Waals surface area contributed by atoms with Crippen LogP contribution >= 0.6 is 0 Å². The van der Waals surface area contributed by atoms with E-state index < -0.39 is 0 Å². The summed E-state index contributed by atoms with van der Waals surface area (Å²) in [4.78, 5) is 0. The van der Waals surface area contributed by atoms with Crippen LogP contribution in [0.2, 0.25) is 0 Å². The third kappa shape index (κ3) is 4.79. The van der Waals surface area contributed by atoms with Gasteiger partial charge in [-0.1, -0.05) is 45.4 Å². The number of fused-ring (bicyclic) bond motifs is 5. The first-order chi connectivity index (χ1) is 22.3. The molecule has 0 N–H and O–H groups in total. The smallest absolute Gasteiger partial charge is 0.231 e. The lowest BCUT2D eigenvalue weighted by molar-refractivity contribution is -0.134. The fourth-order valence-corrected chi connectivity index (χ4v) is 11.8. The molecule has 3 heterocycles. The number of hydrogen-bond acceptors (Lipinski definition) is 6. The summed E-state index contributed by atoms with van der Waals surface area (Å²) in [5.74, 6) is 6.25. The molecule has 3 saturated carbocycles. The van der Waals surface area contributed by atoms with E-state index in [0.717, 1.165) is 47.7 Å². The summed E-state index contributed by atoms with van der Waals surface area (Å²) in [6.45, 7) is 9.78. The van der Waals surface area contributed by atoms with E-state index in [4.69, 9.17) is 28.4 Å². The third-order valence-electron chi connectivity index (χ3n) is 13.8. The largest absolute Gasteiger partial charge is 0.454 e. The summed E-state index contributed by atoms with van der Waals surface area (Å²) in [5, 5.41) is 0. The molecule has 9 rings (SSSR count). The van der Waals surface area contributed by atoms with Crippen molar-refractivity contribution in [3.8, 4) is 23.0 Å². The van der Waals surface area contributed by atoms with E-state index in [-0.39, 0.29) is 12.2 Å². The average molecular weight is 627 g/mol. The summed E-state index contributed by atoms with van der Waals surface area (Å²) < 4.78 is 36.0. The van der Waals surface area contributed by atoms with E-state index in [1.54, 1.807) is 5.57 Å². The number of ether oxygens (including phenoxy) is 6. The van der Waals surface area contributed by atoms with E-state index in [2.05, 4.69) is 51.1 Å². The minimum absolute atomic E-state index is 0.230. The van der Waals surface area contributed by atoms with Gasteiger partial charge in [0, 0.05) is 5.92 Å². The molecule has 246 valence electrons. The molecule has 1 saturated heterocycles. The van der Waals surface area contributed by atoms with Crippen molar-refractivity contribution in [1.82, 2.24) is 0 Å². The maximum Gasteiger partial charge on any atom is 0.231 e. The van der Waals surface area contributed by atoms with Gasteiger partial charge in [-0.25, -0.2) is 0 Å². The molecule has 1 spiro atoms. The van der Waals surface area contributed by atoms with Crippen LogP contribution in [0.3, 0.4) is 0 Å². The van der Waals surface area contributed by atoms with Crippen molar-refractivity contribution in [3.05, 3.63) is 59.2 Å². The molecule has 2 aromatic rings. The molecule has 6 nitrogen and oxygen atoms in total. The molecule has 0 amide bonds. The van der Waals surface area contributed by atoms with Gasteiger partial charge in [0.15, 0.2) is 29.3 Å². The van der Waals surface area contributed by atoms with Gasteiger partial charge in [-0.2, -0.15) is 0 Å². The second-order valence-electron chi connectivity index (χ2n) is 16.6. The Kier molecular flexibility index (Phi) is 6.99. The summed E-state index contributed by atoms with van der Waals surface area (Å²) in [7, 11) is 0. The van der Waals surface area contributed by atoms with Crippen LogP contribution in [-0.4, -0.2) is 33.1 Å². The quantitative estimate of drug-likeness (QED) is 0.287. The van der Waals surface area contributed by atoms with E-state index in [1.807, 2.05) is 12.1 Å². The van der Waals surface area contributed by atoms with Crippen LogP contribution in [-0.2, 0) is 22.3 Å². The SMILES string of the molecule is CC1(C)CCC[C@]2(C)[C@@H]1CC[C@]13C=C(COC4OC[C@H](Cc5ccc6c(c5)OCO6)[C@H]4Cc4ccc5c(c4)OCO5)[C@@H](CC[C@H]12)C3. The number of rotatable bonds is 7. The lowest BCUT2D eigenvalue weighted by atomic mass is 9.41. The van der Waals surface area contributed by atoms with Crippen molar-refractivity contribution in [2.24, 2.45) is 45.8 Å². The molecule has 0 aromatic heterocycles. The van der Waals surface area contributed by atoms with Gasteiger partial charge >= 0.3 is 0 Å². The van der Waals surface area contributed by atoms with Crippen molar-refractivity contribution in [2.75, 3.05) is 26.8 Å². The van der Waals surface area contributed by atoms with Gasteiger partial charge in [0.1, 0.15) is 0 Å². The molecular formula is C40H50O6. The van der Waals surface area contributed by atoms with Crippen LogP contribution in [0.5, 0.6) is 23.0 Å². The molecule has 2 aromatic carbocycles. The molecule has 8 atom stereocenters. The topological polar surface area (TPSA) is 55.4 Å². The van der Waals surface area contributed by atoms with Crippen LogP contribution in [0.1, 0.15) is 83.3 Å². The third-order valence-corrected chi connectivity index (χ3v) is 13.8. The highest BCUT2D eigenvalue weighted by Gasteiger charge is 2.62. The average Bonchev–Trinajstić information content (AvgIpc) is 3.82. The van der Waals surface area contributed by atoms with Crippen LogP contribution in [0.4, 0.5) is 0 Å². The number of allylic oxidation sites excluding steroid dienone is 1. The Morgan fingerprint density at radius 3 is 2.24 bits per heavy atom. The van der Waals surface area contributed by atoms with Crippen LogP contribution in [0, 0.1) is 45.8 Å². The Morgan fingerprint density at radius 1 is 0.761 bits per heavy atom. The standard InChI is InChI=1S/C40H50O6/c1-38(2)12-4-13-39(3)35(38)11-14-40-19-27(7-10-36(39)40)29(20-40)22-42-37-30(16-26-6-9-32-34(18-26)46-24-44-32)28(21-41-37)15-25-5-8-31-33(17-25)45-23-43-31/h5-6,8-9,17-18,20,27-28,30,35-37H,4,7,10-16,19,21-24H2,1-3H3/t27-,28-,30+,35+,36-,37?,39+,40-/m0/s1. The first kappa shape index (κ1) is 29.4. The molecule has 7 aliphatic rings. The normalized spacial score (nSPS) is 37.9. The highest BCUT2D eigenvalue weighted by molar-refractivity contribution is 5.45. The minimum atomic E-state index is -0.230. The molecular weight excluding hydrogens is 576 g/mol. The number of hydrogen-bond donors (Lipinski definition) is 0. The van der Waals surface area contributed by atoms with Gasteiger partial charge in [0.25, 0.3) is 0 Å². The van der Waals surface area contributed by atoms with Gasteiger partial charge in [0.2, 0.25) is 13.6 Å². The van der Waals surface area contributed by atoms with E-state index in [1.165, 1.54) is 62.5 Å². The summed E-state index contributed by atoms with van der Waals surface area (Å²) >= 11 is 0. The number of benzene rings is 2. The minimum Gasteiger partial charge on any atom is -0.454 e. The zero-order valence-corrected chi connectivity index (χ0v) is 27.9. The van der Waals surface area contributed by atoms with Crippen molar-refractivity contribution < 1.29 is 28.4 Å². The van der Waals surface area contributed by atoms with Gasteiger partial charge in [-0.15, -0.1) is 0 Å². The fraction of sp³-hybridized carbons (Fsp3) is 0.650. The van der Waals surface area contributed by atoms with Gasteiger partial charge in [-0.3, -0.25) is 0 Å². The molecule has 0 radical (unpaired) electrons. The Bertz CT molecular complexity index is 1530. The highest BCUT2D eigenvalue weighted by atomic mass is 16.7. The molecule has 4 fully saturated rings. The van der Waals surface area contributed by atoms with Crippen LogP contribution in [0.15, 0.2) is 48.0 Å². The van der Waals surface area contributed by atoms with Gasteiger partial charge in [0.05, 0.1) is 13.2 Å². The lowest BCUT2D eigenvalue weighted by Gasteiger charge is -2.63. The Hall–Kier alpha value is -2.70. The van der Waals surface area contributed by atoms with Crippen molar-refractivity contribution >= 4 is 0 Å². The summed E-state index contributed by atoms with van der Waals surface area (Å²) in [5.41, 5.74) is 5.38. The Labute approximate surface area is 274 Å². The van der Waals surface area contributed by atoms with Crippen molar-refractivity contribution in [3.63, 3.8) is 0 Å². The molecule has 46 heavy (non-hydrogen) atoms. The van der Waals surface area contributed by atoms with E-state index >= 15 is 0 Å². The molecule has 4 aliphatic carbocycles. The van der Waals surface area contributed by atoms with Gasteiger partial charge < -0.3 is 28.4 Å². The van der Waals surface area contributed by atoms with Crippen LogP contribution in [0.25, 0.3) is 0 Å². The van der Waals surface area contributed by atoms with E-state index in [0.29, 0.717) is 54.9 Å². The predicted octanol–water partition coefficient (Wildman–Crippen LogP) is 8.50. The zero-order valence-electron chi connectivity index (χ0n) is 27.9. The monoisotopic (exact) mass is 626 g/mol. The van der Waals surface area contributed by atoms with Crippen molar-refractivity contribution in [2.45, 2.75) is 91.3 Å². The van der Waals surface area contributed by atoms with E-state index in [9.17, 15) is 0 Å². The molecule has 2 bridgehead atoms. The molecule has 6 heteroatoms. The fourth-order valence-electron chi connectivity index (χ4n) is 11.8. The predicted molar refractivity (Wildman–Crippen MR) is 175 cm³/mol. The summed E-state index contributed by atoms with van der Waals surface area (Å²) in [6, 6.07) is 12.7. The Morgan fingerprint density at radius 2 is 1.48 bits per heavy atom. The first-order valence-corrected chi connectivity index (χ1v) is 18.0. The second kappa shape index (κ2) is 10.9. The van der Waals surface area contributed by atoms with Crippen LogP contribution < -0.4 is 18.9 Å². The van der Waals surface area contributed by atoms with Crippen molar-refractivity contribution in [1.29, 1.82) is 0 Å². The molecule has 1 unspecified atom stereocenters. The maximum atomic E-state index is 6.86. The second-order valence-corrected chi connectivity index (χ2v) is 16.6. The summed E-state index contributed by atoms with van der Waals surface area (Å²) in [6.07, 6.45) is 15.3.